The highest BCUT2D eigenvalue weighted by atomic mass is 16.5. The predicted molar refractivity (Wildman–Crippen MR) is 77.5 cm³/mol. The van der Waals surface area contributed by atoms with E-state index in [1.165, 1.54) is 43.2 Å². The van der Waals surface area contributed by atoms with E-state index in [4.69, 9.17) is 4.74 Å². The molecule has 1 aromatic rings. The summed E-state index contributed by atoms with van der Waals surface area (Å²) in [6.07, 6.45) is 8.00. The largest absolute Gasteiger partial charge is 0.496 e. The summed E-state index contributed by atoms with van der Waals surface area (Å²) in [7, 11) is 1.69. The highest BCUT2D eigenvalue weighted by Crippen LogP contribution is 2.43. The van der Waals surface area contributed by atoms with E-state index in [-0.39, 0.29) is 5.92 Å². The van der Waals surface area contributed by atoms with Crippen LogP contribution < -0.4 is 4.74 Å². The number of carbonyl (C=O) groups is 1. The third-order valence-corrected chi connectivity index (χ3v) is 4.91. The summed E-state index contributed by atoms with van der Waals surface area (Å²) in [4.78, 5) is 11.3. The lowest BCUT2D eigenvalue weighted by Crippen LogP contribution is -2.10. The Morgan fingerprint density at radius 2 is 1.90 bits per heavy atom. The molecule has 1 N–H and O–H groups in total. The molecule has 3 heteroatoms. The Kier molecular flexibility index (Phi) is 3.68. The number of hydrogen-bond acceptors (Lipinski definition) is 2. The number of rotatable bonds is 3. The summed E-state index contributed by atoms with van der Waals surface area (Å²) in [6.45, 7) is 0. The van der Waals surface area contributed by atoms with E-state index >= 15 is 0 Å². The van der Waals surface area contributed by atoms with Crippen LogP contribution in [-0.2, 0) is 11.2 Å². The van der Waals surface area contributed by atoms with Crippen LogP contribution in [0.3, 0.4) is 0 Å². The molecule has 3 nitrogen and oxygen atoms in total. The van der Waals surface area contributed by atoms with Crippen molar-refractivity contribution in [2.75, 3.05) is 7.11 Å². The molecule has 0 amide bonds. The van der Waals surface area contributed by atoms with Crippen LogP contribution in [0.4, 0.5) is 0 Å². The summed E-state index contributed by atoms with van der Waals surface area (Å²) >= 11 is 0. The van der Waals surface area contributed by atoms with E-state index in [1.807, 2.05) is 6.07 Å². The first-order valence-corrected chi connectivity index (χ1v) is 7.64. The molecule has 1 atom stereocenters. The summed E-state index contributed by atoms with van der Waals surface area (Å²) in [6, 6.07) is 4.22. The molecule has 1 saturated carbocycles. The van der Waals surface area contributed by atoms with Gasteiger partial charge in [0, 0.05) is 0 Å². The molecular formula is C17H22O3. The van der Waals surface area contributed by atoms with E-state index in [1.54, 1.807) is 7.11 Å². The second kappa shape index (κ2) is 5.47. The minimum atomic E-state index is -0.712. The molecule has 0 heterocycles. The van der Waals surface area contributed by atoms with Gasteiger partial charge < -0.3 is 9.84 Å². The molecule has 1 aromatic carbocycles. The highest BCUT2D eigenvalue weighted by molar-refractivity contribution is 5.78. The zero-order valence-corrected chi connectivity index (χ0v) is 12.0. The average molecular weight is 274 g/mol. The fourth-order valence-corrected chi connectivity index (χ4v) is 3.82. The molecule has 0 saturated heterocycles. The smallest absolute Gasteiger partial charge is 0.310 e. The fourth-order valence-electron chi connectivity index (χ4n) is 3.82. The standard InChI is InChI=1S/C17H22O3/c1-20-16-10-14-12(7-8-13(14)17(18)19)9-15(16)11-5-3-2-4-6-11/h9-11,13H,2-8H2,1H3,(H,18,19). The van der Waals surface area contributed by atoms with Crippen molar-refractivity contribution in [3.05, 3.63) is 28.8 Å². The molecule has 0 spiro atoms. The number of methoxy groups -OCH3 is 1. The van der Waals surface area contributed by atoms with Gasteiger partial charge in [-0.05, 0) is 54.4 Å². The van der Waals surface area contributed by atoms with Crippen LogP contribution >= 0.6 is 0 Å². The van der Waals surface area contributed by atoms with Gasteiger partial charge in [0.2, 0.25) is 0 Å². The summed E-state index contributed by atoms with van der Waals surface area (Å²) in [5.41, 5.74) is 3.49. The molecule has 0 aromatic heterocycles. The van der Waals surface area contributed by atoms with E-state index in [0.29, 0.717) is 5.92 Å². The number of aliphatic carboxylic acids is 1. The number of carboxylic acids is 1. The van der Waals surface area contributed by atoms with Gasteiger partial charge in [-0.2, -0.15) is 0 Å². The van der Waals surface area contributed by atoms with Gasteiger partial charge in [-0.15, -0.1) is 0 Å². The van der Waals surface area contributed by atoms with Crippen molar-refractivity contribution >= 4 is 5.97 Å². The van der Waals surface area contributed by atoms with Crippen LogP contribution in [0.1, 0.15) is 67.1 Å². The Morgan fingerprint density at radius 3 is 2.55 bits per heavy atom. The minimum Gasteiger partial charge on any atom is -0.496 e. The number of ether oxygens (including phenoxy) is 1. The number of aryl methyl sites for hydroxylation is 1. The SMILES string of the molecule is COc1cc2c(cc1C1CCCCC1)CCC2C(=O)O. The molecule has 0 aliphatic heterocycles. The van der Waals surface area contributed by atoms with Gasteiger partial charge in [-0.25, -0.2) is 0 Å². The topological polar surface area (TPSA) is 46.5 Å². The molecular weight excluding hydrogens is 252 g/mol. The zero-order chi connectivity index (χ0) is 14.1. The lowest BCUT2D eigenvalue weighted by atomic mass is 9.82. The molecule has 0 radical (unpaired) electrons. The maximum atomic E-state index is 11.3. The zero-order valence-electron chi connectivity index (χ0n) is 12.0. The van der Waals surface area contributed by atoms with Gasteiger partial charge in [0.25, 0.3) is 0 Å². The van der Waals surface area contributed by atoms with E-state index in [9.17, 15) is 9.90 Å². The summed E-state index contributed by atoms with van der Waals surface area (Å²) in [5.74, 6) is 0.423. The molecule has 108 valence electrons. The minimum absolute atomic E-state index is 0.348. The van der Waals surface area contributed by atoms with Crippen molar-refractivity contribution in [2.45, 2.75) is 56.8 Å². The van der Waals surface area contributed by atoms with Crippen molar-refractivity contribution < 1.29 is 14.6 Å². The third-order valence-electron chi connectivity index (χ3n) is 4.91. The Labute approximate surface area is 120 Å². The first-order valence-electron chi connectivity index (χ1n) is 7.64. The van der Waals surface area contributed by atoms with Crippen LogP contribution in [0.2, 0.25) is 0 Å². The number of hydrogen-bond donors (Lipinski definition) is 1. The highest BCUT2D eigenvalue weighted by Gasteiger charge is 2.31. The van der Waals surface area contributed by atoms with Gasteiger partial charge in [0.1, 0.15) is 5.75 Å². The quantitative estimate of drug-likeness (QED) is 0.910. The second-order valence-corrected chi connectivity index (χ2v) is 6.06. The maximum Gasteiger partial charge on any atom is 0.310 e. The monoisotopic (exact) mass is 274 g/mol. The Hall–Kier alpha value is -1.51. The van der Waals surface area contributed by atoms with Gasteiger partial charge >= 0.3 is 5.97 Å². The molecule has 2 aliphatic rings. The Morgan fingerprint density at radius 1 is 1.15 bits per heavy atom. The van der Waals surface area contributed by atoms with Gasteiger partial charge in [0.05, 0.1) is 13.0 Å². The van der Waals surface area contributed by atoms with Gasteiger partial charge in [-0.1, -0.05) is 25.3 Å². The fraction of sp³-hybridized carbons (Fsp3) is 0.588. The van der Waals surface area contributed by atoms with Crippen molar-refractivity contribution in [3.8, 4) is 5.75 Å². The van der Waals surface area contributed by atoms with Crippen LogP contribution in [-0.4, -0.2) is 18.2 Å². The van der Waals surface area contributed by atoms with Crippen LogP contribution in [0.25, 0.3) is 0 Å². The lowest BCUT2D eigenvalue weighted by molar-refractivity contribution is -0.138. The normalized spacial score (nSPS) is 22.6. The summed E-state index contributed by atoms with van der Waals surface area (Å²) < 4.78 is 5.56. The van der Waals surface area contributed by atoms with Crippen molar-refractivity contribution in [1.29, 1.82) is 0 Å². The first-order chi connectivity index (χ1) is 9.70. The predicted octanol–water partition coefficient (Wildman–Crippen LogP) is 3.86. The third kappa shape index (κ3) is 2.30. The number of fused-ring (bicyclic) bond motifs is 1. The van der Waals surface area contributed by atoms with Gasteiger partial charge in [0.15, 0.2) is 0 Å². The van der Waals surface area contributed by atoms with Crippen LogP contribution in [0.5, 0.6) is 5.75 Å². The van der Waals surface area contributed by atoms with Crippen molar-refractivity contribution in [3.63, 3.8) is 0 Å². The lowest BCUT2D eigenvalue weighted by Gasteiger charge is -2.25. The molecule has 3 rings (SSSR count). The molecule has 1 fully saturated rings. The van der Waals surface area contributed by atoms with Crippen LogP contribution in [0.15, 0.2) is 12.1 Å². The van der Waals surface area contributed by atoms with Crippen molar-refractivity contribution in [2.24, 2.45) is 0 Å². The second-order valence-electron chi connectivity index (χ2n) is 6.06. The molecule has 20 heavy (non-hydrogen) atoms. The number of carboxylic acid groups (broad SMARTS) is 1. The Bertz CT molecular complexity index is 515. The first kappa shape index (κ1) is 13.5. The number of benzene rings is 1. The van der Waals surface area contributed by atoms with E-state index in [2.05, 4.69) is 6.07 Å². The van der Waals surface area contributed by atoms with Crippen LogP contribution in [0, 0.1) is 0 Å². The Balaban J connectivity index is 1.98. The van der Waals surface area contributed by atoms with Gasteiger partial charge in [-0.3, -0.25) is 4.79 Å². The molecule has 0 bridgehead atoms. The summed E-state index contributed by atoms with van der Waals surface area (Å²) in [5, 5.41) is 9.30. The average Bonchev–Trinajstić information content (AvgIpc) is 2.89. The molecule has 2 aliphatic carbocycles. The molecule has 1 unspecified atom stereocenters. The van der Waals surface area contributed by atoms with E-state index < -0.39 is 5.97 Å². The maximum absolute atomic E-state index is 11.3. The van der Waals surface area contributed by atoms with Crippen molar-refractivity contribution in [1.82, 2.24) is 0 Å². The van der Waals surface area contributed by atoms with E-state index in [0.717, 1.165) is 24.2 Å².